The van der Waals surface area contributed by atoms with E-state index in [4.69, 9.17) is 10.5 Å². The number of rotatable bonds is 4. The van der Waals surface area contributed by atoms with Crippen molar-refractivity contribution in [3.8, 4) is 11.5 Å². The highest BCUT2D eigenvalue weighted by Crippen LogP contribution is 2.18. The minimum absolute atomic E-state index is 0.209. The minimum Gasteiger partial charge on any atom is -0.508 e. The second-order valence-corrected chi connectivity index (χ2v) is 3.81. The zero-order valence-corrected chi connectivity index (χ0v) is 9.47. The largest absolute Gasteiger partial charge is 0.508 e. The van der Waals surface area contributed by atoms with Crippen molar-refractivity contribution < 1.29 is 9.84 Å². The van der Waals surface area contributed by atoms with Crippen LogP contribution in [0.15, 0.2) is 48.5 Å². The average molecular weight is 229 g/mol. The van der Waals surface area contributed by atoms with Crippen LogP contribution in [-0.4, -0.2) is 5.11 Å². The molecule has 0 amide bonds. The lowest BCUT2D eigenvalue weighted by Gasteiger charge is -2.07. The quantitative estimate of drug-likeness (QED) is 0.846. The van der Waals surface area contributed by atoms with Crippen LogP contribution in [0.5, 0.6) is 11.5 Å². The van der Waals surface area contributed by atoms with Crippen LogP contribution in [0.4, 0.5) is 0 Å². The van der Waals surface area contributed by atoms with Crippen LogP contribution in [0.2, 0.25) is 0 Å². The molecule has 0 aliphatic rings. The Morgan fingerprint density at radius 1 is 1.00 bits per heavy atom. The first-order valence-corrected chi connectivity index (χ1v) is 5.47. The fourth-order valence-electron chi connectivity index (χ4n) is 1.51. The third-order valence-corrected chi connectivity index (χ3v) is 2.48. The van der Waals surface area contributed by atoms with Gasteiger partial charge in [-0.1, -0.05) is 30.3 Å². The molecule has 3 N–H and O–H groups in total. The van der Waals surface area contributed by atoms with Crippen LogP contribution >= 0.6 is 0 Å². The number of benzene rings is 2. The molecule has 0 aliphatic carbocycles. The maximum absolute atomic E-state index is 9.28. The maximum atomic E-state index is 9.28. The lowest BCUT2D eigenvalue weighted by Crippen LogP contribution is -1.98. The fourth-order valence-corrected chi connectivity index (χ4v) is 1.51. The van der Waals surface area contributed by atoms with Gasteiger partial charge in [0, 0.05) is 12.6 Å². The number of hydrogen-bond acceptors (Lipinski definition) is 3. The van der Waals surface area contributed by atoms with E-state index >= 15 is 0 Å². The van der Waals surface area contributed by atoms with E-state index in [0.29, 0.717) is 18.9 Å². The number of hydrogen-bond donors (Lipinski definition) is 2. The molecular weight excluding hydrogens is 214 g/mol. The van der Waals surface area contributed by atoms with Crippen LogP contribution in [-0.2, 0) is 13.2 Å². The van der Waals surface area contributed by atoms with Crippen molar-refractivity contribution in [1.82, 2.24) is 0 Å². The van der Waals surface area contributed by atoms with Gasteiger partial charge in [0.1, 0.15) is 18.1 Å². The number of aromatic hydroxyl groups is 1. The Morgan fingerprint density at radius 2 is 1.71 bits per heavy atom. The van der Waals surface area contributed by atoms with E-state index in [1.165, 1.54) is 0 Å². The molecule has 0 unspecified atom stereocenters. The highest BCUT2D eigenvalue weighted by atomic mass is 16.5. The van der Waals surface area contributed by atoms with Gasteiger partial charge in [-0.3, -0.25) is 0 Å². The topological polar surface area (TPSA) is 55.5 Å². The van der Waals surface area contributed by atoms with Gasteiger partial charge in [0.2, 0.25) is 0 Å². The predicted octanol–water partition coefficient (Wildman–Crippen LogP) is 2.43. The van der Waals surface area contributed by atoms with Crippen molar-refractivity contribution in [2.45, 2.75) is 13.2 Å². The lowest BCUT2D eigenvalue weighted by atomic mass is 10.1. The summed E-state index contributed by atoms with van der Waals surface area (Å²) in [5, 5.41) is 9.28. The molecule has 2 aromatic rings. The fraction of sp³-hybridized carbons (Fsp3) is 0.143. The van der Waals surface area contributed by atoms with Gasteiger partial charge in [0.15, 0.2) is 0 Å². The molecule has 0 heterocycles. The average Bonchev–Trinajstić information content (AvgIpc) is 2.37. The molecule has 3 heteroatoms. The van der Waals surface area contributed by atoms with Crippen LogP contribution in [0.3, 0.4) is 0 Å². The van der Waals surface area contributed by atoms with Crippen molar-refractivity contribution in [3.63, 3.8) is 0 Å². The molecular formula is C14H15NO2. The summed E-state index contributed by atoms with van der Waals surface area (Å²) in [6.45, 7) is 1.03. The SMILES string of the molecule is NCc1ccc(COc2cccc(O)c2)cc1. The van der Waals surface area contributed by atoms with Crippen LogP contribution in [0.25, 0.3) is 0 Å². The molecule has 0 saturated carbocycles. The number of phenols is 1. The summed E-state index contributed by atoms with van der Waals surface area (Å²) >= 11 is 0. The molecule has 2 aromatic carbocycles. The summed E-state index contributed by atoms with van der Waals surface area (Å²) in [5.74, 6) is 0.869. The number of ether oxygens (including phenoxy) is 1. The van der Waals surface area contributed by atoms with Gasteiger partial charge in [-0.2, -0.15) is 0 Å². The lowest BCUT2D eigenvalue weighted by molar-refractivity contribution is 0.304. The van der Waals surface area contributed by atoms with Crippen molar-refractivity contribution >= 4 is 0 Å². The Bertz CT molecular complexity index is 480. The molecule has 3 nitrogen and oxygen atoms in total. The summed E-state index contributed by atoms with van der Waals surface area (Å²) in [6.07, 6.45) is 0. The van der Waals surface area contributed by atoms with Gasteiger partial charge >= 0.3 is 0 Å². The van der Waals surface area contributed by atoms with Crippen molar-refractivity contribution in [1.29, 1.82) is 0 Å². The smallest absolute Gasteiger partial charge is 0.123 e. The Kier molecular flexibility index (Phi) is 3.62. The second kappa shape index (κ2) is 5.37. The van der Waals surface area contributed by atoms with Gasteiger partial charge in [-0.05, 0) is 23.3 Å². The summed E-state index contributed by atoms with van der Waals surface area (Å²) in [4.78, 5) is 0. The second-order valence-electron chi connectivity index (χ2n) is 3.81. The van der Waals surface area contributed by atoms with E-state index in [1.807, 2.05) is 30.3 Å². The molecule has 0 aliphatic heterocycles. The Hall–Kier alpha value is -2.00. The van der Waals surface area contributed by atoms with Crippen molar-refractivity contribution in [2.24, 2.45) is 5.73 Å². The van der Waals surface area contributed by atoms with Crippen molar-refractivity contribution in [2.75, 3.05) is 0 Å². The monoisotopic (exact) mass is 229 g/mol. The standard InChI is InChI=1S/C14H15NO2/c15-9-11-4-6-12(7-5-11)10-17-14-3-1-2-13(16)8-14/h1-8,16H,9-10,15H2. The van der Waals surface area contributed by atoms with Gasteiger partial charge in [0.05, 0.1) is 0 Å². The minimum atomic E-state index is 0.209. The first-order valence-electron chi connectivity index (χ1n) is 5.47. The summed E-state index contributed by atoms with van der Waals surface area (Å²) in [7, 11) is 0. The molecule has 0 spiro atoms. The summed E-state index contributed by atoms with van der Waals surface area (Å²) < 4.78 is 5.56. The highest BCUT2D eigenvalue weighted by molar-refractivity contribution is 5.32. The van der Waals surface area contributed by atoms with Gasteiger partial charge in [-0.25, -0.2) is 0 Å². The Labute approximate surface area is 100 Å². The van der Waals surface area contributed by atoms with E-state index in [0.717, 1.165) is 11.1 Å². The normalized spacial score (nSPS) is 10.2. The molecule has 17 heavy (non-hydrogen) atoms. The van der Waals surface area contributed by atoms with Gasteiger partial charge < -0.3 is 15.6 Å². The Morgan fingerprint density at radius 3 is 2.35 bits per heavy atom. The molecule has 0 fully saturated rings. The summed E-state index contributed by atoms with van der Waals surface area (Å²) in [6, 6.07) is 14.7. The summed E-state index contributed by atoms with van der Waals surface area (Å²) in [5.41, 5.74) is 7.70. The molecule has 88 valence electrons. The first kappa shape index (κ1) is 11.5. The van der Waals surface area contributed by atoms with E-state index in [-0.39, 0.29) is 5.75 Å². The zero-order chi connectivity index (χ0) is 12.1. The molecule has 0 aromatic heterocycles. The van der Waals surface area contributed by atoms with Gasteiger partial charge in [-0.15, -0.1) is 0 Å². The molecule has 0 bridgehead atoms. The highest BCUT2D eigenvalue weighted by Gasteiger charge is 1.97. The van der Waals surface area contributed by atoms with Crippen LogP contribution < -0.4 is 10.5 Å². The molecule has 0 saturated heterocycles. The molecule has 0 atom stereocenters. The maximum Gasteiger partial charge on any atom is 0.123 e. The third-order valence-electron chi connectivity index (χ3n) is 2.48. The number of nitrogens with two attached hydrogens (primary N) is 1. The van der Waals surface area contributed by atoms with E-state index in [9.17, 15) is 5.11 Å². The third kappa shape index (κ3) is 3.23. The van der Waals surface area contributed by atoms with E-state index in [2.05, 4.69) is 0 Å². The van der Waals surface area contributed by atoms with Crippen LogP contribution in [0.1, 0.15) is 11.1 Å². The first-order chi connectivity index (χ1) is 8.28. The Balaban J connectivity index is 1.97. The molecule has 0 radical (unpaired) electrons. The van der Waals surface area contributed by atoms with E-state index in [1.54, 1.807) is 18.2 Å². The van der Waals surface area contributed by atoms with Crippen molar-refractivity contribution in [3.05, 3.63) is 59.7 Å². The zero-order valence-electron chi connectivity index (χ0n) is 9.47. The van der Waals surface area contributed by atoms with Crippen LogP contribution in [0, 0.1) is 0 Å². The van der Waals surface area contributed by atoms with Gasteiger partial charge in [0.25, 0.3) is 0 Å². The predicted molar refractivity (Wildman–Crippen MR) is 66.8 cm³/mol. The number of phenolic OH excluding ortho intramolecular Hbond substituents is 1. The molecule has 2 rings (SSSR count). The van der Waals surface area contributed by atoms with E-state index < -0.39 is 0 Å².